The summed E-state index contributed by atoms with van der Waals surface area (Å²) < 4.78 is 7.08. The van der Waals surface area contributed by atoms with Crippen molar-refractivity contribution in [3.05, 3.63) is 70.3 Å². The lowest BCUT2D eigenvalue weighted by atomic mass is 10.1. The topological polar surface area (TPSA) is 43.6 Å². The number of nitrogens with zero attached hydrogens (tertiary/aromatic N) is 2. The number of carbonyl (C=O) groups excluding carboxylic acids is 1. The second-order valence-corrected chi connectivity index (χ2v) is 6.63. The number of ether oxygens (including phenoxy) is 1. The number of aryl methyl sites for hydroxylation is 1. The Balaban J connectivity index is 0.00000261. The van der Waals surface area contributed by atoms with Crippen molar-refractivity contribution in [1.29, 1.82) is 0 Å². The Morgan fingerprint density at radius 3 is 2.41 bits per heavy atom. The first-order chi connectivity index (χ1) is 12.7. The van der Waals surface area contributed by atoms with Crippen molar-refractivity contribution < 1.29 is 9.53 Å². The highest BCUT2D eigenvalue weighted by molar-refractivity contribution is 8.93. The van der Waals surface area contributed by atoms with E-state index in [-0.39, 0.29) is 29.5 Å². The van der Waals surface area contributed by atoms with Gasteiger partial charge in [0, 0.05) is 5.38 Å². The number of carbonyl (C=O) groups is 1. The maximum atomic E-state index is 12.1. The summed E-state index contributed by atoms with van der Waals surface area (Å²) in [6.07, 6.45) is 1.00. The number of halogens is 1. The molecule has 27 heavy (non-hydrogen) atoms. The van der Waals surface area contributed by atoms with Crippen molar-refractivity contribution in [3.8, 4) is 11.3 Å². The highest BCUT2D eigenvalue weighted by Gasteiger charge is 2.12. The fourth-order valence-corrected chi connectivity index (χ4v) is 3.59. The van der Waals surface area contributed by atoms with Crippen LogP contribution in [0, 0.1) is 0 Å². The van der Waals surface area contributed by atoms with Gasteiger partial charge in [0.15, 0.2) is 4.80 Å². The summed E-state index contributed by atoms with van der Waals surface area (Å²) in [4.78, 5) is 17.6. The summed E-state index contributed by atoms with van der Waals surface area (Å²) in [5.41, 5.74) is 4.19. The van der Waals surface area contributed by atoms with Gasteiger partial charge in [-0.15, -0.1) is 28.3 Å². The van der Waals surface area contributed by atoms with Gasteiger partial charge in [0.2, 0.25) is 0 Å². The molecule has 3 aromatic rings. The average molecular weight is 447 g/mol. The number of aromatic nitrogens is 1. The third kappa shape index (κ3) is 5.40. The number of rotatable bonds is 6. The molecule has 0 atom stereocenters. The number of benzene rings is 2. The Labute approximate surface area is 173 Å². The van der Waals surface area contributed by atoms with Gasteiger partial charge in [0.25, 0.3) is 0 Å². The lowest BCUT2D eigenvalue weighted by molar-refractivity contribution is -0.143. The zero-order valence-electron chi connectivity index (χ0n) is 15.4. The molecule has 0 amide bonds. The molecule has 0 saturated heterocycles. The number of thiazole rings is 1. The van der Waals surface area contributed by atoms with E-state index in [0.29, 0.717) is 6.61 Å². The van der Waals surface area contributed by atoms with Crippen LogP contribution in [-0.2, 0) is 22.5 Å². The lowest BCUT2D eigenvalue weighted by Gasteiger charge is -2.09. The van der Waals surface area contributed by atoms with Gasteiger partial charge in [0.1, 0.15) is 6.54 Å². The maximum Gasteiger partial charge on any atom is 0.326 e. The van der Waals surface area contributed by atoms with Gasteiger partial charge in [-0.25, -0.2) is 4.99 Å². The molecule has 0 radical (unpaired) electrons. The molecule has 3 rings (SSSR count). The predicted octanol–water partition coefficient (Wildman–Crippen LogP) is 5.15. The van der Waals surface area contributed by atoms with Crippen LogP contribution < -0.4 is 4.80 Å². The first-order valence-corrected chi connectivity index (χ1v) is 9.62. The molecule has 0 aliphatic heterocycles. The molecule has 2 aromatic carbocycles. The second kappa shape index (κ2) is 10.2. The minimum absolute atomic E-state index is 0. The molecule has 0 fully saturated rings. The highest BCUT2D eigenvalue weighted by atomic mass is 79.9. The maximum absolute atomic E-state index is 12.1. The molecule has 0 N–H and O–H groups in total. The Hall–Kier alpha value is -2.18. The zero-order chi connectivity index (χ0) is 18.4. The molecular formula is C21H23BrN2O2S. The van der Waals surface area contributed by atoms with Crippen LogP contribution in [0.2, 0.25) is 0 Å². The molecule has 0 aliphatic rings. The highest BCUT2D eigenvalue weighted by Crippen LogP contribution is 2.22. The van der Waals surface area contributed by atoms with Gasteiger partial charge in [-0.1, -0.05) is 49.4 Å². The van der Waals surface area contributed by atoms with E-state index in [1.165, 1.54) is 16.9 Å². The molecule has 1 heterocycles. The minimum Gasteiger partial charge on any atom is -0.465 e. The molecule has 0 spiro atoms. The van der Waals surface area contributed by atoms with E-state index < -0.39 is 0 Å². The lowest BCUT2D eigenvalue weighted by Crippen LogP contribution is -2.22. The van der Waals surface area contributed by atoms with Crippen LogP contribution in [0.25, 0.3) is 11.3 Å². The molecular weight excluding hydrogens is 424 g/mol. The van der Waals surface area contributed by atoms with Crippen LogP contribution in [0.5, 0.6) is 0 Å². The molecule has 6 heteroatoms. The van der Waals surface area contributed by atoms with Crippen molar-refractivity contribution in [2.45, 2.75) is 26.8 Å². The van der Waals surface area contributed by atoms with E-state index in [1.54, 1.807) is 0 Å². The molecule has 4 nitrogen and oxygen atoms in total. The normalized spacial score (nSPS) is 11.1. The monoisotopic (exact) mass is 446 g/mol. The van der Waals surface area contributed by atoms with Gasteiger partial charge in [0.05, 0.1) is 18.0 Å². The van der Waals surface area contributed by atoms with E-state index in [0.717, 1.165) is 28.2 Å². The molecule has 0 unspecified atom stereocenters. The van der Waals surface area contributed by atoms with Crippen molar-refractivity contribution in [2.24, 2.45) is 4.99 Å². The molecule has 142 valence electrons. The van der Waals surface area contributed by atoms with E-state index in [1.807, 2.05) is 47.2 Å². The Morgan fingerprint density at radius 2 is 1.78 bits per heavy atom. The van der Waals surface area contributed by atoms with Gasteiger partial charge in [-0.05, 0) is 36.6 Å². The largest absolute Gasteiger partial charge is 0.465 e. The third-order valence-corrected chi connectivity index (χ3v) is 4.89. The number of esters is 1. The van der Waals surface area contributed by atoms with Crippen molar-refractivity contribution in [3.63, 3.8) is 0 Å². The van der Waals surface area contributed by atoms with Crippen LogP contribution in [0.15, 0.2) is 65.0 Å². The van der Waals surface area contributed by atoms with Gasteiger partial charge < -0.3 is 9.30 Å². The second-order valence-electron chi connectivity index (χ2n) is 5.79. The van der Waals surface area contributed by atoms with Gasteiger partial charge >= 0.3 is 5.97 Å². The quantitative estimate of drug-likeness (QED) is 0.491. The Bertz CT molecular complexity index is 931. The Morgan fingerprint density at radius 1 is 1.07 bits per heavy atom. The molecule has 0 bridgehead atoms. The average Bonchev–Trinajstić information content (AvgIpc) is 3.05. The van der Waals surface area contributed by atoms with Crippen LogP contribution in [0.4, 0.5) is 5.69 Å². The zero-order valence-corrected chi connectivity index (χ0v) is 18.0. The van der Waals surface area contributed by atoms with E-state index in [4.69, 9.17) is 9.73 Å². The van der Waals surface area contributed by atoms with Gasteiger partial charge in [-0.3, -0.25) is 4.79 Å². The Kier molecular flexibility index (Phi) is 8.00. The van der Waals surface area contributed by atoms with Crippen molar-refractivity contribution in [1.82, 2.24) is 4.57 Å². The summed E-state index contributed by atoms with van der Waals surface area (Å²) >= 11 is 1.52. The fraction of sp³-hybridized carbons (Fsp3) is 0.238. The minimum atomic E-state index is -0.258. The summed E-state index contributed by atoms with van der Waals surface area (Å²) in [7, 11) is 0. The predicted molar refractivity (Wildman–Crippen MR) is 116 cm³/mol. The van der Waals surface area contributed by atoms with E-state index in [2.05, 4.69) is 31.2 Å². The third-order valence-electron chi connectivity index (χ3n) is 4.03. The van der Waals surface area contributed by atoms with E-state index >= 15 is 0 Å². The van der Waals surface area contributed by atoms with Crippen LogP contribution in [0.1, 0.15) is 19.4 Å². The first-order valence-electron chi connectivity index (χ1n) is 8.74. The van der Waals surface area contributed by atoms with Gasteiger partial charge in [-0.2, -0.15) is 0 Å². The number of hydrogen-bond donors (Lipinski definition) is 0. The summed E-state index contributed by atoms with van der Waals surface area (Å²) in [6.45, 7) is 4.47. The van der Waals surface area contributed by atoms with Crippen molar-refractivity contribution >= 4 is 40.0 Å². The van der Waals surface area contributed by atoms with E-state index in [9.17, 15) is 4.79 Å². The smallest absolute Gasteiger partial charge is 0.326 e. The van der Waals surface area contributed by atoms with Crippen LogP contribution >= 0.6 is 28.3 Å². The standard InChI is InChI=1S/C21H22N2O2S.BrH/c1-3-16-10-12-17(13-11-16)19-15-26-21(22-18-8-6-5-7-9-18)23(19)14-20(24)25-4-2;/h5-13,15H,3-4,14H2,1-2H3;1H. The first kappa shape index (κ1) is 21.1. The van der Waals surface area contributed by atoms with Crippen LogP contribution in [0.3, 0.4) is 0 Å². The molecule has 0 aliphatic carbocycles. The van der Waals surface area contributed by atoms with Crippen molar-refractivity contribution in [2.75, 3.05) is 6.61 Å². The van der Waals surface area contributed by atoms with Crippen LogP contribution in [-0.4, -0.2) is 17.1 Å². The molecule has 0 saturated carbocycles. The summed E-state index contributed by atoms with van der Waals surface area (Å²) in [5.74, 6) is -0.258. The number of para-hydroxylation sites is 1. The SMILES string of the molecule is Br.CCOC(=O)Cn1c(-c2ccc(CC)cc2)csc1=Nc1ccccc1. The summed E-state index contributed by atoms with van der Waals surface area (Å²) in [5, 5.41) is 2.04. The molecule has 1 aromatic heterocycles. The number of hydrogen-bond acceptors (Lipinski definition) is 4. The fourth-order valence-electron chi connectivity index (χ4n) is 2.66. The summed E-state index contributed by atoms with van der Waals surface area (Å²) in [6, 6.07) is 18.2.